The van der Waals surface area contributed by atoms with E-state index in [4.69, 9.17) is 4.74 Å². The summed E-state index contributed by atoms with van der Waals surface area (Å²) in [6.45, 7) is 6.92. The molecule has 0 unspecified atom stereocenters. The van der Waals surface area contributed by atoms with Crippen molar-refractivity contribution < 1.29 is 4.74 Å². The Morgan fingerprint density at radius 1 is 1.48 bits per heavy atom. The molecule has 5 nitrogen and oxygen atoms in total. The highest BCUT2D eigenvalue weighted by Crippen LogP contribution is 2.28. The molecule has 4 rings (SSSR count). The molecule has 2 aromatic rings. The van der Waals surface area contributed by atoms with E-state index in [0.717, 1.165) is 49.5 Å². The number of hydrogen-bond donors (Lipinski definition) is 1. The Bertz CT molecular complexity index is 618. The van der Waals surface area contributed by atoms with Gasteiger partial charge >= 0.3 is 0 Å². The number of fused-ring (bicyclic) bond motifs is 1. The monoisotopic (exact) mass is 306 g/mol. The zero-order chi connectivity index (χ0) is 14.2. The highest BCUT2D eigenvalue weighted by atomic mass is 32.1. The minimum Gasteiger partial charge on any atom is -0.374 e. The third kappa shape index (κ3) is 2.85. The van der Waals surface area contributed by atoms with Crippen LogP contribution in [0.1, 0.15) is 24.2 Å². The van der Waals surface area contributed by atoms with Gasteiger partial charge in [-0.2, -0.15) is 0 Å². The number of nitrogens with one attached hydrogen (secondary N) is 1. The van der Waals surface area contributed by atoms with Crippen molar-refractivity contribution in [3.05, 3.63) is 23.0 Å². The number of imidazole rings is 1. The lowest BCUT2D eigenvalue weighted by atomic mass is 10.2. The second-order valence-corrected chi connectivity index (χ2v) is 6.92. The number of rotatable bonds is 5. The maximum absolute atomic E-state index is 5.88. The van der Waals surface area contributed by atoms with Crippen LogP contribution in [0.5, 0.6) is 0 Å². The van der Waals surface area contributed by atoms with Crippen LogP contribution in [-0.4, -0.2) is 52.7 Å². The van der Waals surface area contributed by atoms with E-state index in [-0.39, 0.29) is 0 Å². The van der Waals surface area contributed by atoms with Crippen LogP contribution in [0, 0.1) is 6.92 Å². The van der Waals surface area contributed by atoms with Gasteiger partial charge in [-0.1, -0.05) is 0 Å². The highest BCUT2D eigenvalue weighted by Gasteiger charge is 2.32. The van der Waals surface area contributed by atoms with Gasteiger partial charge in [-0.15, -0.1) is 11.3 Å². The van der Waals surface area contributed by atoms with Crippen LogP contribution >= 0.6 is 11.3 Å². The normalized spacial score (nSPS) is 24.0. The van der Waals surface area contributed by atoms with Crippen molar-refractivity contribution in [3.63, 3.8) is 0 Å². The summed E-state index contributed by atoms with van der Waals surface area (Å²) < 4.78 is 8.07. The SMILES string of the molecule is Cc1nc2sccn2c1CNC[C@@H]1CN(C2CC2)CCO1. The predicted molar refractivity (Wildman–Crippen MR) is 83.8 cm³/mol. The smallest absolute Gasteiger partial charge is 0.194 e. The van der Waals surface area contributed by atoms with Crippen molar-refractivity contribution in [2.45, 2.75) is 38.5 Å². The highest BCUT2D eigenvalue weighted by molar-refractivity contribution is 7.15. The van der Waals surface area contributed by atoms with E-state index in [1.165, 1.54) is 18.5 Å². The summed E-state index contributed by atoms with van der Waals surface area (Å²) in [4.78, 5) is 8.26. The van der Waals surface area contributed by atoms with Gasteiger partial charge in [-0.3, -0.25) is 9.30 Å². The summed E-state index contributed by atoms with van der Waals surface area (Å²) in [5, 5.41) is 5.64. The summed E-state index contributed by atoms with van der Waals surface area (Å²) in [5.41, 5.74) is 2.39. The van der Waals surface area contributed by atoms with Gasteiger partial charge in [-0.25, -0.2) is 4.98 Å². The molecular weight excluding hydrogens is 284 g/mol. The van der Waals surface area contributed by atoms with Gasteiger partial charge in [-0.05, 0) is 19.8 Å². The maximum Gasteiger partial charge on any atom is 0.194 e. The molecule has 1 N–H and O–H groups in total. The van der Waals surface area contributed by atoms with E-state index in [1.54, 1.807) is 11.3 Å². The van der Waals surface area contributed by atoms with Gasteiger partial charge in [0.05, 0.1) is 24.1 Å². The van der Waals surface area contributed by atoms with E-state index in [1.807, 2.05) is 0 Å². The first-order valence-corrected chi connectivity index (χ1v) is 8.66. The molecule has 0 bridgehead atoms. The molecule has 1 atom stereocenters. The second-order valence-electron chi connectivity index (χ2n) is 6.05. The van der Waals surface area contributed by atoms with Gasteiger partial charge < -0.3 is 10.1 Å². The lowest BCUT2D eigenvalue weighted by molar-refractivity contribution is -0.0301. The molecule has 6 heteroatoms. The fourth-order valence-electron chi connectivity index (χ4n) is 3.14. The largest absolute Gasteiger partial charge is 0.374 e. The Morgan fingerprint density at radius 2 is 2.38 bits per heavy atom. The van der Waals surface area contributed by atoms with Crippen molar-refractivity contribution in [1.29, 1.82) is 0 Å². The van der Waals surface area contributed by atoms with Crippen molar-refractivity contribution in [2.75, 3.05) is 26.2 Å². The molecule has 2 aliphatic rings. The zero-order valence-electron chi connectivity index (χ0n) is 12.4. The summed E-state index contributed by atoms with van der Waals surface area (Å²) in [6, 6.07) is 0.846. The third-order valence-corrected chi connectivity index (χ3v) is 5.22. The Labute approximate surface area is 128 Å². The first-order valence-electron chi connectivity index (χ1n) is 7.78. The number of hydrogen-bond acceptors (Lipinski definition) is 5. The molecule has 1 saturated carbocycles. The molecule has 0 spiro atoms. The molecular formula is C15H22N4OS. The molecule has 2 aromatic heterocycles. The number of thiazole rings is 1. The summed E-state index contributed by atoms with van der Waals surface area (Å²) in [7, 11) is 0. The third-order valence-electron chi connectivity index (χ3n) is 4.46. The molecule has 114 valence electrons. The fraction of sp³-hybridized carbons (Fsp3) is 0.667. The first kappa shape index (κ1) is 13.7. The van der Waals surface area contributed by atoms with Crippen molar-refractivity contribution in [1.82, 2.24) is 19.6 Å². The number of aryl methyl sites for hydroxylation is 1. The van der Waals surface area contributed by atoms with Crippen molar-refractivity contribution in [2.24, 2.45) is 0 Å². The molecule has 2 fully saturated rings. The van der Waals surface area contributed by atoms with Gasteiger partial charge in [0, 0.05) is 43.8 Å². The number of nitrogens with zero attached hydrogens (tertiary/aromatic N) is 3. The number of aromatic nitrogens is 2. The summed E-state index contributed by atoms with van der Waals surface area (Å²) >= 11 is 1.69. The fourth-order valence-corrected chi connectivity index (χ4v) is 3.92. The van der Waals surface area contributed by atoms with Crippen LogP contribution in [0.2, 0.25) is 0 Å². The van der Waals surface area contributed by atoms with E-state index < -0.39 is 0 Å². The molecule has 1 saturated heterocycles. The molecule has 0 amide bonds. The van der Waals surface area contributed by atoms with E-state index in [2.05, 4.69) is 38.1 Å². The maximum atomic E-state index is 5.88. The molecule has 1 aliphatic heterocycles. The van der Waals surface area contributed by atoms with Crippen LogP contribution in [0.15, 0.2) is 11.6 Å². The minimum atomic E-state index is 0.325. The average Bonchev–Trinajstić information content (AvgIpc) is 3.18. The van der Waals surface area contributed by atoms with Gasteiger partial charge in [0.15, 0.2) is 4.96 Å². The Balaban J connectivity index is 1.32. The van der Waals surface area contributed by atoms with Crippen LogP contribution in [-0.2, 0) is 11.3 Å². The minimum absolute atomic E-state index is 0.325. The van der Waals surface area contributed by atoms with Crippen molar-refractivity contribution >= 4 is 16.3 Å². The Hall–Kier alpha value is -0.950. The Morgan fingerprint density at radius 3 is 3.24 bits per heavy atom. The van der Waals surface area contributed by atoms with E-state index >= 15 is 0 Å². The van der Waals surface area contributed by atoms with Crippen LogP contribution < -0.4 is 5.32 Å². The van der Waals surface area contributed by atoms with Gasteiger partial charge in [0.25, 0.3) is 0 Å². The molecule has 21 heavy (non-hydrogen) atoms. The summed E-state index contributed by atoms with van der Waals surface area (Å²) in [5.74, 6) is 0. The predicted octanol–water partition coefficient (Wildman–Crippen LogP) is 1.66. The van der Waals surface area contributed by atoms with Crippen LogP contribution in [0.25, 0.3) is 4.96 Å². The van der Waals surface area contributed by atoms with Crippen molar-refractivity contribution in [3.8, 4) is 0 Å². The molecule has 3 heterocycles. The lowest BCUT2D eigenvalue weighted by Crippen LogP contribution is -2.47. The van der Waals surface area contributed by atoms with Gasteiger partial charge in [0.2, 0.25) is 0 Å². The van der Waals surface area contributed by atoms with Crippen LogP contribution in [0.3, 0.4) is 0 Å². The average molecular weight is 306 g/mol. The second kappa shape index (κ2) is 5.68. The van der Waals surface area contributed by atoms with E-state index in [9.17, 15) is 0 Å². The van der Waals surface area contributed by atoms with Gasteiger partial charge in [0.1, 0.15) is 0 Å². The number of ether oxygens (including phenoxy) is 1. The Kier molecular flexibility index (Phi) is 3.71. The number of morpholine rings is 1. The quantitative estimate of drug-likeness (QED) is 0.912. The first-order chi connectivity index (χ1) is 10.3. The lowest BCUT2D eigenvalue weighted by Gasteiger charge is -2.33. The molecule has 1 aliphatic carbocycles. The zero-order valence-corrected chi connectivity index (χ0v) is 13.2. The molecule has 0 radical (unpaired) electrons. The topological polar surface area (TPSA) is 41.8 Å². The van der Waals surface area contributed by atoms with Crippen LogP contribution in [0.4, 0.5) is 0 Å². The van der Waals surface area contributed by atoms with E-state index in [0.29, 0.717) is 6.10 Å². The summed E-state index contributed by atoms with van der Waals surface area (Å²) in [6.07, 6.45) is 5.19. The standard InChI is InChI=1S/C15H22N4OS/c1-11-14(19-5-7-21-15(19)17-11)9-16-8-13-10-18(4-6-20-13)12-2-3-12/h5,7,12-13,16H,2-4,6,8-10H2,1H3/t13-/m1/s1. The molecule has 0 aromatic carbocycles.